The molecule has 0 aromatic heterocycles. The van der Waals surface area contributed by atoms with Crippen LogP contribution in [0, 0.1) is 0 Å². The van der Waals surface area contributed by atoms with Crippen molar-refractivity contribution < 1.29 is 38.9 Å². The van der Waals surface area contributed by atoms with E-state index < -0.39 is 39.0 Å². The van der Waals surface area contributed by atoms with Crippen molar-refractivity contribution in [2.75, 3.05) is 6.61 Å². The van der Waals surface area contributed by atoms with E-state index in [2.05, 4.69) is 9.26 Å². The van der Waals surface area contributed by atoms with Gasteiger partial charge in [0, 0.05) is 0 Å². The Labute approximate surface area is 126 Å². The SMILES string of the molecule is O=P(O)(O)OC[C@H]1OC([O-])[C@H]([O-])[C@@H]1O.[Ba+2]. The number of aliphatic hydroxyl groups is 1. The number of hydrogen-bond acceptors (Lipinski definition) is 6. The molecule has 3 N–H and O–H groups in total. The van der Waals surface area contributed by atoms with Crippen LogP contribution in [0.3, 0.4) is 0 Å². The van der Waals surface area contributed by atoms with Crippen molar-refractivity contribution in [1.82, 2.24) is 0 Å². The molecule has 0 aromatic carbocycles. The first kappa shape index (κ1) is 16.5. The zero-order valence-electron chi connectivity index (χ0n) is 7.55. The van der Waals surface area contributed by atoms with Gasteiger partial charge >= 0.3 is 56.7 Å². The van der Waals surface area contributed by atoms with E-state index in [1.54, 1.807) is 0 Å². The fraction of sp³-hybridized carbons (Fsp3) is 1.00. The minimum absolute atomic E-state index is 0. The van der Waals surface area contributed by atoms with Gasteiger partial charge in [0.05, 0.1) is 12.7 Å². The molecular formula is C5H9BaO8P. The molecule has 1 fully saturated rings. The summed E-state index contributed by atoms with van der Waals surface area (Å²) in [7, 11) is -4.68. The van der Waals surface area contributed by atoms with Crippen LogP contribution in [0.25, 0.3) is 0 Å². The van der Waals surface area contributed by atoms with Crippen LogP contribution >= 0.6 is 7.82 Å². The van der Waals surface area contributed by atoms with Gasteiger partial charge in [-0.05, 0) is 6.29 Å². The first-order chi connectivity index (χ1) is 6.31. The Morgan fingerprint density at radius 1 is 1.40 bits per heavy atom. The van der Waals surface area contributed by atoms with Gasteiger partial charge in [0.2, 0.25) is 0 Å². The third-order valence-corrected chi connectivity index (χ3v) is 2.19. The molecule has 0 saturated carbocycles. The molecule has 1 aliphatic rings. The number of ether oxygens (including phenoxy) is 1. The topological polar surface area (TPSA) is 142 Å². The predicted octanol–water partition coefficient (Wildman–Crippen LogP) is -4.11. The van der Waals surface area contributed by atoms with Crippen molar-refractivity contribution in [3.63, 3.8) is 0 Å². The summed E-state index contributed by atoms with van der Waals surface area (Å²) in [6.45, 7) is -0.692. The van der Waals surface area contributed by atoms with Crippen molar-refractivity contribution in [3.05, 3.63) is 0 Å². The van der Waals surface area contributed by atoms with Gasteiger partial charge in [-0.2, -0.15) is 0 Å². The quantitative estimate of drug-likeness (QED) is 0.338. The summed E-state index contributed by atoms with van der Waals surface area (Å²) in [4.78, 5) is 16.6. The smallest absolute Gasteiger partial charge is 0.849 e. The fourth-order valence-corrected chi connectivity index (χ4v) is 1.35. The number of aliphatic hydroxyl groups excluding tert-OH is 1. The summed E-state index contributed by atoms with van der Waals surface area (Å²) in [6, 6.07) is 0. The van der Waals surface area contributed by atoms with Gasteiger partial charge in [-0.3, -0.25) is 4.52 Å². The van der Waals surface area contributed by atoms with E-state index in [-0.39, 0.29) is 48.9 Å². The average molecular weight is 365 g/mol. The van der Waals surface area contributed by atoms with Crippen molar-refractivity contribution in [3.8, 4) is 0 Å². The van der Waals surface area contributed by atoms with Gasteiger partial charge in [-0.1, -0.05) is 6.10 Å². The van der Waals surface area contributed by atoms with E-state index in [0.717, 1.165) is 0 Å². The van der Waals surface area contributed by atoms with E-state index >= 15 is 0 Å². The van der Waals surface area contributed by atoms with Gasteiger partial charge in [0.15, 0.2) is 0 Å². The number of phosphoric acid groups is 1. The molecule has 0 aliphatic carbocycles. The molecule has 1 unspecified atom stereocenters. The molecular weight excluding hydrogens is 356 g/mol. The van der Waals surface area contributed by atoms with Crippen LogP contribution in [0.5, 0.6) is 0 Å². The van der Waals surface area contributed by atoms with Gasteiger partial charge < -0.3 is 29.8 Å². The van der Waals surface area contributed by atoms with E-state index in [4.69, 9.17) is 14.9 Å². The summed E-state index contributed by atoms with van der Waals surface area (Å²) < 4.78 is 18.6. The predicted molar refractivity (Wildman–Crippen MR) is 42.2 cm³/mol. The molecule has 84 valence electrons. The molecule has 0 radical (unpaired) electrons. The van der Waals surface area contributed by atoms with Crippen LogP contribution in [-0.2, 0) is 13.8 Å². The van der Waals surface area contributed by atoms with Crippen molar-refractivity contribution in [1.29, 1.82) is 0 Å². The zero-order valence-corrected chi connectivity index (χ0v) is 12.9. The Morgan fingerprint density at radius 2 is 1.93 bits per heavy atom. The molecule has 0 amide bonds. The molecule has 1 aliphatic heterocycles. The van der Waals surface area contributed by atoms with Gasteiger partial charge in [0.25, 0.3) is 0 Å². The first-order valence-electron chi connectivity index (χ1n) is 3.66. The molecule has 0 bridgehead atoms. The van der Waals surface area contributed by atoms with Crippen molar-refractivity contribution >= 4 is 56.7 Å². The van der Waals surface area contributed by atoms with Gasteiger partial charge in [-0.25, -0.2) is 4.57 Å². The second kappa shape index (κ2) is 6.45. The molecule has 10 heteroatoms. The number of rotatable bonds is 3. The Kier molecular flexibility index (Phi) is 7.11. The molecule has 0 spiro atoms. The first-order valence-corrected chi connectivity index (χ1v) is 5.19. The van der Waals surface area contributed by atoms with Crippen molar-refractivity contribution in [2.45, 2.75) is 24.6 Å². The van der Waals surface area contributed by atoms with Crippen LogP contribution in [-0.4, -0.2) is 95.0 Å². The second-order valence-electron chi connectivity index (χ2n) is 2.78. The van der Waals surface area contributed by atoms with Crippen LogP contribution in [0.4, 0.5) is 0 Å². The minimum Gasteiger partial charge on any atom is -0.849 e. The molecule has 1 rings (SSSR count). The molecule has 4 atom stereocenters. The standard InChI is InChI=1S/C5H9O8P.Ba/c6-3-2(1-12-14(9,10)11)13-5(8)4(3)7;/h2-6H,1H2,(H2,9,10,11);/q-2;+2/t2-,3-,4-,5?;/m1./s1. The Balaban J connectivity index is 0.00000196. The monoisotopic (exact) mass is 366 g/mol. The molecule has 1 heterocycles. The average Bonchev–Trinajstić information content (AvgIpc) is 2.28. The maximum Gasteiger partial charge on any atom is 2.00 e. The third kappa shape index (κ3) is 5.13. The summed E-state index contributed by atoms with van der Waals surface area (Å²) >= 11 is 0. The van der Waals surface area contributed by atoms with E-state index in [9.17, 15) is 14.8 Å². The normalized spacial score (nSPS) is 36.3. The summed E-state index contributed by atoms with van der Waals surface area (Å²) in [6.07, 6.45) is -6.69. The Bertz CT molecular complexity index is 243. The fourth-order valence-electron chi connectivity index (χ4n) is 1.01. The Morgan fingerprint density at radius 3 is 2.27 bits per heavy atom. The largest absolute Gasteiger partial charge is 2.00 e. The Hall–Kier alpha value is 1.52. The van der Waals surface area contributed by atoms with Crippen LogP contribution in [0.1, 0.15) is 0 Å². The van der Waals surface area contributed by atoms with E-state index in [0.29, 0.717) is 0 Å². The molecule has 8 nitrogen and oxygen atoms in total. The van der Waals surface area contributed by atoms with Crippen LogP contribution in [0.2, 0.25) is 0 Å². The van der Waals surface area contributed by atoms with Gasteiger partial charge in [-0.15, -0.1) is 0 Å². The summed E-state index contributed by atoms with van der Waals surface area (Å²) in [5.41, 5.74) is 0. The molecule has 15 heavy (non-hydrogen) atoms. The number of phosphoric ester groups is 1. The van der Waals surface area contributed by atoms with Crippen LogP contribution in [0.15, 0.2) is 0 Å². The maximum absolute atomic E-state index is 10.8. The van der Waals surface area contributed by atoms with E-state index in [1.807, 2.05) is 0 Å². The minimum atomic E-state index is -4.68. The third-order valence-electron chi connectivity index (χ3n) is 1.70. The summed E-state index contributed by atoms with van der Waals surface area (Å²) in [5, 5.41) is 30.5. The maximum atomic E-state index is 10.8. The molecule has 1 saturated heterocycles. The number of hydrogen-bond donors (Lipinski definition) is 3. The zero-order chi connectivity index (χ0) is 10.9. The van der Waals surface area contributed by atoms with Crippen LogP contribution < -0.4 is 10.2 Å². The van der Waals surface area contributed by atoms with Crippen molar-refractivity contribution in [2.24, 2.45) is 0 Å². The van der Waals surface area contributed by atoms with Gasteiger partial charge in [0.1, 0.15) is 6.10 Å². The second-order valence-corrected chi connectivity index (χ2v) is 4.02. The summed E-state index contributed by atoms with van der Waals surface area (Å²) in [5.74, 6) is 0. The van der Waals surface area contributed by atoms with E-state index in [1.165, 1.54) is 0 Å². The molecule has 0 aromatic rings.